The highest BCUT2D eigenvalue weighted by Gasteiger charge is 2.25. The van der Waals surface area contributed by atoms with Crippen LogP contribution in [0.4, 0.5) is 0 Å². The molecule has 0 radical (unpaired) electrons. The molecule has 1 aliphatic heterocycles. The lowest BCUT2D eigenvalue weighted by molar-refractivity contribution is -0.132. The monoisotopic (exact) mass is 369 g/mol. The molecular weight excluding hydrogens is 346 g/mol. The van der Waals surface area contributed by atoms with Crippen molar-refractivity contribution in [2.24, 2.45) is 0 Å². The number of aromatic carboxylic acids is 1. The summed E-state index contributed by atoms with van der Waals surface area (Å²) in [7, 11) is 0. The highest BCUT2D eigenvalue weighted by Crippen LogP contribution is 2.23. The van der Waals surface area contributed by atoms with Crippen molar-refractivity contribution in [1.82, 2.24) is 14.7 Å². The third-order valence-electron chi connectivity index (χ3n) is 4.98. The minimum Gasteiger partial charge on any atom is -0.478 e. The Morgan fingerprint density at radius 2 is 1.74 bits per heavy atom. The summed E-state index contributed by atoms with van der Waals surface area (Å²) in [5.41, 5.74) is 1.90. The average molecular weight is 369 g/mol. The van der Waals surface area contributed by atoms with E-state index in [2.05, 4.69) is 5.10 Å². The Balaban J connectivity index is 1.47. The van der Waals surface area contributed by atoms with E-state index in [0.717, 1.165) is 18.4 Å². The van der Waals surface area contributed by atoms with Crippen molar-refractivity contribution in [2.45, 2.75) is 38.6 Å². The van der Waals surface area contributed by atoms with Gasteiger partial charge in [0.15, 0.2) is 5.78 Å². The summed E-state index contributed by atoms with van der Waals surface area (Å²) in [6, 6.07) is 7.47. The molecule has 3 rings (SSSR count). The number of hydrogen-bond acceptors (Lipinski definition) is 4. The summed E-state index contributed by atoms with van der Waals surface area (Å²) in [6.07, 6.45) is 4.74. The molecule has 1 aromatic carbocycles. The van der Waals surface area contributed by atoms with Crippen LogP contribution in [0.15, 0.2) is 36.7 Å². The second-order valence-electron chi connectivity index (χ2n) is 6.92. The first-order valence-electron chi connectivity index (χ1n) is 9.09. The van der Waals surface area contributed by atoms with Gasteiger partial charge in [-0.1, -0.05) is 29.8 Å². The molecule has 0 bridgehead atoms. The first kappa shape index (κ1) is 18.8. The molecular formula is C20H23N3O4. The van der Waals surface area contributed by atoms with Crippen molar-refractivity contribution < 1.29 is 19.5 Å². The molecule has 7 nitrogen and oxygen atoms in total. The normalized spacial score (nSPS) is 14.9. The molecule has 27 heavy (non-hydrogen) atoms. The van der Waals surface area contributed by atoms with Gasteiger partial charge >= 0.3 is 5.97 Å². The van der Waals surface area contributed by atoms with E-state index in [4.69, 9.17) is 5.11 Å². The van der Waals surface area contributed by atoms with Crippen LogP contribution in [0.5, 0.6) is 0 Å². The zero-order valence-electron chi connectivity index (χ0n) is 15.3. The van der Waals surface area contributed by atoms with Gasteiger partial charge in [-0.25, -0.2) is 4.79 Å². The highest BCUT2D eigenvalue weighted by molar-refractivity contribution is 5.98. The maximum absolute atomic E-state index is 12.4. The van der Waals surface area contributed by atoms with Gasteiger partial charge in [0.05, 0.1) is 17.8 Å². The van der Waals surface area contributed by atoms with Crippen LogP contribution in [0.2, 0.25) is 0 Å². The lowest BCUT2D eigenvalue weighted by Gasteiger charge is -2.32. The molecule has 1 aliphatic rings. The summed E-state index contributed by atoms with van der Waals surface area (Å²) in [6.45, 7) is 3.14. The van der Waals surface area contributed by atoms with Crippen molar-refractivity contribution in [3.63, 3.8) is 0 Å². The predicted molar refractivity (Wildman–Crippen MR) is 98.8 cm³/mol. The Morgan fingerprint density at radius 3 is 2.33 bits per heavy atom. The fraction of sp³-hybridized carbons (Fsp3) is 0.400. The Kier molecular flexibility index (Phi) is 5.69. The topological polar surface area (TPSA) is 92.5 Å². The molecule has 2 aromatic rings. The van der Waals surface area contributed by atoms with Gasteiger partial charge < -0.3 is 10.0 Å². The van der Waals surface area contributed by atoms with Gasteiger partial charge in [-0.3, -0.25) is 14.3 Å². The molecule has 0 saturated carbocycles. The molecule has 1 fully saturated rings. The second-order valence-corrected chi connectivity index (χ2v) is 6.92. The third kappa shape index (κ3) is 4.61. The number of ketones is 1. The molecule has 1 amide bonds. The molecule has 1 aromatic heterocycles. The van der Waals surface area contributed by atoms with Crippen molar-refractivity contribution in [2.75, 3.05) is 13.1 Å². The minimum atomic E-state index is -0.993. The zero-order chi connectivity index (χ0) is 19.4. The standard InChI is InChI=1S/C20H23N3O4/c1-14-2-4-15(5-3-14)18(24)6-7-19(25)22-10-8-17(9-11-22)23-13-16(12-21-23)20(26)27/h2-5,12-13,17H,6-11H2,1H3,(H,26,27). The van der Waals surface area contributed by atoms with E-state index >= 15 is 0 Å². The molecule has 0 spiro atoms. The molecule has 0 unspecified atom stereocenters. The number of carboxylic acid groups (broad SMARTS) is 1. The van der Waals surface area contributed by atoms with Crippen LogP contribution in [-0.4, -0.2) is 50.5 Å². The van der Waals surface area contributed by atoms with E-state index in [1.54, 1.807) is 21.7 Å². The Bertz CT molecular complexity index is 833. The molecule has 2 heterocycles. The van der Waals surface area contributed by atoms with E-state index in [-0.39, 0.29) is 36.1 Å². The van der Waals surface area contributed by atoms with Gasteiger partial charge in [-0.2, -0.15) is 5.10 Å². The maximum Gasteiger partial charge on any atom is 0.338 e. The zero-order valence-corrected chi connectivity index (χ0v) is 15.3. The first-order chi connectivity index (χ1) is 12.9. The lowest BCUT2D eigenvalue weighted by atomic mass is 10.0. The van der Waals surface area contributed by atoms with Crippen LogP contribution in [0.1, 0.15) is 58.0 Å². The van der Waals surface area contributed by atoms with Gasteiger partial charge in [0.2, 0.25) is 5.91 Å². The lowest BCUT2D eigenvalue weighted by Crippen LogP contribution is -2.39. The summed E-state index contributed by atoms with van der Waals surface area (Å²) < 4.78 is 1.67. The number of benzene rings is 1. The largest absolute Gasteiger partial charge is 0.478 e. The molecule has 7 heteroatoms. The smallest absolute Gasteiger partial charge is 0.338 e. The van der Waals surface area contributed by atoms with E-state index in [0.29, 0.717) is 18.7 Å². The molecule has 0 aliphatic carbocycles. The number of likely N-dealkylation sites (tertiary alicyclic amines) is 1. The summed E-state index contributed by atoms with van der Waals surface area (Å²) in [5.74, 6) is -1.02. The Labute approximate surface area is 157 Å². The number of nitrogens with zero attached hydrogens (tertiary/aromatic N) is 3. The number of carbonyl (C=O) groups excluding carboxylic acids is 2. The quantitative estimate of drug-likeness (QED) is 0.791. The predicted octanol–water partition coefficient (Wildman–Crippen LogP) is 2.72. The second kappa shape index (κ2) is 8.16. The Morgan fingerprint density at radius 1 is 1.07 bits per heavy atom. The van der Waals surface area contributed by atoms with Crippen LogP contribution in [-0.2, 0) is 4.79 Å². The van der Waals surface area contributed by atoms with E-state index in [1.807, 2.05) is 19.1 Å². The van der Waals surface area contributed by atoms with Crippen LogP contribution < -0.4 is 0 Å². The number of rotatable bonds is 6. The first-order valence-corrected chi connectivity index (χ1v) is 9.09. The van der Waals surface area contributed by atoms with Crippen molar-refractivity contribution >= 4 is 17.7 Å². The third-order valence-corrected chi connectivity index (χ3v) is 4.98. The van der Waals surface area contributed by atoms with Crippen molar-refractivity contribution in [3.8, 4) is 0 Å². The van der Waals surface area contributed by atoms with Gasteiger partial charge in [0.1, 0.15) is 0 Å². The van der Waals surface area contributed by atoms with E-state index in [9.17, 15) is 14.4 Å². The van der Waals surface area contributed by atoms with E-state index in [1.165, 1.54) is 12.4 Å². The van der Waals surface area contributed by atoms with Crippen LogP contribution in [0, 0.1) is 6.92 Å². The number of aryl methyl sites for hydroxylation is 1. The summed E-state index contributed by atoms with van der Waals surface area (Å²) >= 11 is 0. The molecule has 1 N–H and O–H groups in total. The number of amides is 1. The number of Topliss-reactive ketones (excluding diaryl/α,β-unsaturated/α-hetero) is 1. The highest BCUT2D eigenvalue weighted by atomic mass is 16.4. The molecule has 0 atom stereocenters. The number of hydrogen-bond donors (Lipinski definition) is 1. The number of carboxylic acids is 1. The van der Waals surface area contributed by atoms with Gasteiger partial charge in [0, 0.05) is 37.7 Å². The van der Waals surface area contributed by atoms with E-state index < -0.39 is 5.97 Å². The van der Waals surface area contributed by atoms with Crippen molar-refractivity contribution in [1.29, 1.82) is 0 Å². The SMILES string of the molecule is Cc1ccc(C(=O)CCC(=O)N2CCC(n3cc(C(=O)O)cn3)CC2)cc1. The number of carbonyl (C=O) groups is 3. The maximum atomic E-state index is 12.4. The molecule has 1 saturated heterocycles. The summed E-state index contributed by atoms with van der Waals surface area (Å²) in [4.78, 5) is 37.3. The average Bonchev–Trinajstić information content (AvgIpc) is 3.17. The van der Waals surface area contributed by atoms with Gasteiger partial charge in [-0.15, -0.1) is 0 Å². The number of aromatic nitrogens is 2. The summed E-state index contributed by atoms with van der Waals surface area (Å²) in [5, 5.41) is 13.1. The van der Waals surface area contributed by atoms with Crippen molar-refractivity contribution in [3.05, 3.63) is 53.3 Å². The van der Waals surface area contributed by atoms with Gasteiger partial charge in [0.25, 0.3) is 0 Å². The molecule has 142 valence electrons. The van der Waals surface area contributed by atoms with Crippen LogP contribution in [0.25, 0.3) is 0 Å². The minimum absolute atomic E-state index is 0.0133. The van der Waals surface area contributed by atoms with Crippen LogP contribution >= 0.6 is 0 Å². The van der Waals surface area contributed by atoms with Crippen LogP contribution in [0.3, 0.4) is 0 Å². The fourth-order valence-corrected chi connectivity index (χ4v) is 3.29. The Hall–Kier alpha value is -2.96. The number of piperidine rings is 1. The van der Waals surface area contributed by atoms with Gasteiger partial charge in [-0.05, 0) is 19.8 Å². The fourth-order valence-electron chi connectivity index (χ4n) is 3.29.